The van der Waals surface area contributed by atoms with Crippen molar-refractivity contribution in [2.24, 2.45) is 0 Å². The zero-order valence-corrected chi connectivity index (χ0v) is 8.04. The summed E-state index contributed by atoms with van der Waals surface area (Å²) in [6.45, 7) is 3.96. The van der Waals surface area contributed by atoms with Crippen LogP contribution in [0.2, 0.25) is 0 Å². The molecule has 2 amide bonds. The van der Waals surface area contributed by atoms with Crippen LogP contribution in [0.25, 0.3) is 0 Å². The smallest absolute Gasteiger partial charge is 0.237 e. The molecule has 0 bridgehead atoms. The van der Waals surface area contributed by atoms with Crippen LogP contribution in [0.4, 0.5) is 0 Å². The summed E-state index contributed by atoms with van der Waals surface area (Å²) in [6.07, 6.45) is 0. The van der Waals surface area contributed by atoms with Crippen LogP contribution in [0.5, 0.6) is 0 Å². The van der Waals surface area contributed by atoms with Crippen molar-refractivity contribution >= 4 is 11.8 Å². The first-order valence-electron chi connectivity index (χ1n) is 4.30. The van der Waals surface area contributed by atoms with Gasteiger partial charge in [-0.05, 0) is 0 Å². The molecule has 0 aromatic carbocycles. The monoisotopic (exact) mass is 185 g/mol. The Morgan fingerprint density at radius 2 is 2.31 bits per heavy atom. The molecule has 1 aliphatic rings. The van der Waals surface area contributed by atoms with Crippen LogP contribution in [-0.2, 0) is 9.59 Å². The highest BCUT2D eigenvalue weighted by atomic mass is 16.2. The predicted molar refractivity (Wildman–Crippen MR) is 47.9 cm³/mol. The molecule has 5 nitrogen and oxygen atoms in total. The van der Waals surface area contributed by atoms with Gasteiger partial charge >= 0.3 is 0 Å². The highest BCUT2D eigenvalue weighted by Crippen LogP contribution is 2.01. The van der Waals surface area contributed by atoms with Crippen LogP contribution >= 0.6 is 0 Å². The molecule has 0 radical (unpaired) electrons. The van der Waals surface area contributed by atoms with E-state index in [2.05, 4.69) is 5.32 Å². The van der Waals surface area contributed by atoms with E-state index in [9.17, 15) is 9.59 Å². The van der Waals surface area contributed by atoms with E-state index in [-0.39, 0.29) is 11.8 Å². The van der Waals surface area contributed by atoms with Gasteiger partial charge in [-0.3, -0.25) is 14.5 Å². The van der Waals surface area contributed by atoms with Crippen molar-refractivity contribution in [3.8, 4) is 0 Å². The van der Waals surface area contributed by atoms with Gasteiger partial charge in [0.25, 0.3) is 0 Å². The third-order valence-corrected chi connectivity index (χ3v) is 2.00. The molecule has 1 aliphatic heterocycles. The Bertz CT molecular complexity index is 217. The minimum atomic E-state index is -0.0288. The van der Waals surface area contributed by atoms with Crippen LogP contribution in [0.15, 0.2) is 0 Å². The Morgan fingerprint density at radius 3 is 2.77 bits per heavy atom. The lowest BCUT2D eigenvalue weighted by Gasteiger charge is -2.14. The van der Waals surface area contributed by atoms with Crippen LogP contribution < -0.4 is 5.32 Å². The Labute approximate surface area is 77.7 Å². The summed E-state index contributed by atoms with van der Waals surface area (Å²) in [4.78, 5) is 25.3. The molecule has 1 rings (SSSR count). The molecule has 1 saturated heterocycles. The van der Waals surface area contributed by atoms with Crippen molar-refractivity contribution in [2.75, 3.05) is 33.4 Å². The van der Waals surface area contributed by atoms with Crippen molar-refractivity contribution in [2.45, 2.75) is 6.92 Å². The number of amides is 2. The molecular weight excluding hydrogens is 170 g/mol. The molecule has 0 aromatic rings. The first-order valence-corrected chi connectivity index (χ1v) is 4.30. The van der Waals surface area contributed by atoms with E-state index in [4.69, 9.17) is 0 Å². The van der Waals surface area contributed by atoms with Crippen LogP contribution in [0, 0.1) is 0 Å². The van der Waals surface area contributed by atoms with Gasteiger partial charge in [0.05, 0.1) is 13.2 Å². The maximum absolute atomic E-state index is 11.1. The van der Waals surface area contributed by atoms with E-state index in [0.29, 0.717) is 19.8 Å². The second kappa shape index (κ2) is 4.23. The number of carbonyl (C=O) groups is 2. The minimum absolute atomic E-state index is 0.0288. The molecule has 0 atom stereocenters. The normalized spacial score (nSPS) is 18.0. The lowest BCUT2D eigenvalue weighted by molar-refractivity contribution is -0.125. The van der Waals surface area contributed by atoms with Gasteiger partial charge in [-0.15, -0.1) is 0 Å². The predicted octanol–water partition coefficient (Wildman–Crippen LogP) is -1.15. The molecule has 13 heavy (non-hydrogen) atoms. The lowest BCUT2D eigenvalue weighted by atomic mass is 10.5. The summed E-state index contributed by atoms with van der Waals surface area (Å²) in [7, 11) is 1.78. The highest BCUT2D eigenvalue weighted by molar-refractivity contribution is 5.79. The van der Waals surface area contributed by atoms with Gasteiger partial charge in [-0.2, -0.15) is 0 Å². The number of hydrogen-bond donors (Lipinski definition) is 1. The maximum atomic E-state index is 11.1. The van der Waals surface area contributed by atoms with Gasteiger partial charge in [0, 0.05) is 27.1 Å². The third-order valence-electron chi connectivity index (χ3n) is 2.00. The van der Waals surface area contributed by atoms with E-state index in [1.54, 1.807) is 11.9 Å². The van der Waals surface area contributed by atoms with Gasteiger partial charge in [-0.1, -0.05) is 0 Å². The zero-order chi connectivity index (χ0) is 9.84. The van der Waals surface area contributed by atoms with Crippen molar-refractivity contribution in [3.05, 3.63) is 0 Å². The second-order valence-corrected chi connectivity index (χ2v) is 3.27. The second-order valence-electron chi connectivity index (χ2n) is 3.27. The lowest BCUT2D eigenvalue weighted by Crippen LogP contribution is -2.33. The summed E-state index contributed by atoms with van der Waals surface area (Å²) in [6, 6.07) is 0. The standard InChI is InChI=1S/C8H15N3O2/c1-7(12)9-3-4-11-5-8(13)10(2)6-11/h3-6H2,1-2H3,(H,9,12). The van der Waals surface area contributed by atoms with Crippen molar-refractivity contribution in [3.63, 3.8) is 0 Å². The Morgan fingerprint density at radius 1 is 1.62 bits per heavy atom. The van der Waals surface area contributed by atoms with E-state index in [1.807, 2.05) is 4.90 Å². The summed E-state index contributed by atoms with van der Waals surface area (Å²) in [5, 5.41) is 2.69. The highest BCUT2D eigenvalue weighted by Gasteiger charge is 2.23. The molecule has 1 heterocycles. The number of hydrogen-bond acceptors (Lipinski definition) is 3. The molecule has 1 fully saturated rings. The summed E-state index contributed by atoms with van der Waals surface area (Å²) < 4.78 is 0. The van der Waals surface area contributed by atoms with Gasteiger partial charge in [0.2, 0.25) is 11.8 Å². The molecule has 0 unspecified atom stereocenters. The van der Waals surface area contributed by atoms with Gasteiger partial charge in [0.1, 0.15) is 0 Å². The maximum Gasteiger partial charge on any atom is 0.237 e. The topological polar surface area (TPSA) is 52.7 Å². The van der Waals surface area contributed by atoms with E-state index < -0.39 is 0 Å². The van der Waals surface area contributed by atoms with E-state index >= 15 is 0 Å². The van der Waals surface area contributed by atoms with Crippen LogP contribution in [0.3, 0.4) is 0 Å². The zero-order valence-electron chi connectivity index (χ0n) is 8.04. The summed E-state index contributed by atoms with van der Waals surface area (Å²) in [5.41, 5.74) is 0. The molecule has 5 heteroatoms. The molecule has 1 N–H and O–H groups in total. The minimum Gasteiger partial charge on any atom is -0.355 e. The SMILES string of the molecule is CC(=O)NCCN1CC(=O)N(C)C1. The fraction of sp³-hybridized carbons (Fsp3) is 0.750. The summed E-state index contributed by atoms with van der Waals surface area (Å²) in [5.74, 6) is 0.113. The first-order chi connectivity index (χ1) is 6.09. The van der Waals surface area contributed by atoms with Crippen molar-refractivity contribution < 1.29 is 9.59 Å². The molecular formula is C8H15N3O2. The average Bonchev–Trinajstić information content (AvgIpc) is 2.30. The van der Waals surface area contributed by atoms with E-state index in [1.165, 1.54) is 6.92 Å². The number of likely N-dealkylation sites (N-methyl/N-ethyl adjacent to an activating group) is 1. The largest absolute Gasteiger partial charge is 0.355 e. The van der Waals surface area contributed by atoms with Gasteiger partial charge in [0.15, 0.2) is 0 Å². The number of nitrogens with zero attached hydrogens (tertiary/aromatic N) is 2. The number of rotatable bonds is 3. The van der Waals surface area contributed by atoms with Crippen molar-refractivity contribution in [1.29, 1.82) is 0 Å². The van der Waals surface area contributed by atoms with Gasteiger partial charge in [-0.25, -0.2) is 0 Å². The molecule has 0 saturated carbocycles. The van der Waals surface area contributed by atoms with Gasteiger partial charge < -0.3 is 10.2 Å². The molecule has 0 aliphatic carbocycles. The fourth-order valence-corrected chi connectivity index (χ4v) is 1.28. The quantitative estimate of drug-likeness (QED) is 0.604. The number of nitrogens with one attached hydrogen (secondary N) is 1. The first kappa shape index (κ1) is 9.98. The molecule has 0 aromatic heterocycles. The Kier molecular flexibility index (Phi) is 3.25. The summed E-state index contributed by atoms with van der Waals surface area (Å²) >= 11 is 0. The third kappa shape index (κ3) is 3.02. The average molecular weight is 185 g/mol. The van der Waals surface area contributed by atoms with E-state index in [0.717, 1.165) is 6.54 Å². The number of carbonyl (C=O) groups excluding carboxylic acids is 2. The molecule has 74 valence electrons. The Balaban J connectivity index is 2.17. The van der Waals surface area contributed by atoms with Crippen LogP contribution in [0.1, 0.15) is 6.92 Å². The van der Waals surface area contributed by atoms with Crippen LogP contribution in [-0.4, -0.2) is 55.0 Å². The van der Waals surface area contributed by atoms with Crippen molar-refractivity contribution in [1.82, 2.24) is 15.1 Å². The fourth-order valence-electron chi connectivity index (χ4n) is 1.28. The Hall–Kier alpha value is -1.10. The molecule has 0 spiro atoms.